The minimum atomic E-state index is -4.62. The molecule has 0 atom stereocenters. The minimum Gasteiger partial charge on any atom is -0.242 e. The zero-order chi connectivity index (χ0) is 13.7. The second-order valence-corrected chi connectivity index (χ2v) is 4.96. The molecule has 0 unspecified atom stereocenters. The molecule has 1 heterocycles. The maximum atomic E-state index is 12.6. The van der Waals surface area contributed by atoms with Crippen molar-refractivity contribution in [1.82, 2.24) is 4.98 Å². The van der Waals surface area contributed by atoms with E-state index >= 15 is 0 Å². The number of pyridine rings is 1. The van der Waals surface area contributed by atoms with Crippen molar-refractivity contribution in [2.75, 3.05) is 0 Å². The number of nitrogens with zero attached hydrogens (tertiary/aromatic N) is 1. The lowest BCUT2D eigenvalue weighted by molar-refractivity contribution is -0.140. The molecule has 96 valence electrons. The average molecular weight is 335 g/mol. The van der Waals surface area contributed by atoms with Crippen molar-refractivity contribution in [1.29, 1.82) is 0 Å². The Labute approximate surface area is 119 Å². The number of hydrogen-bond donors (Lipinski definition) is 0. The van der Waals surface area contributed by atoms with Crippen molar-refractivity contribution in [2.24, 2.45) is 0 Å². The van der Waals surface area contributed by atoms with Gasteiger partial charge in [0.25, 0.3) is 0 Å². The third kappa shape index (κ3) is 2.35. The van der Waals surface area contributed by atoms with E-state index in [0.29, 0.717) is 6.07 Å². The van der Waals surface area contributed by atoms with Crippen LogP contribution in [0.15, 0.2) is 12.1 Å². The first kappa shape index (κ1) is 14.0. The summed E-state index contributed by atoms with van der Waals surface area (Å²) in [5, 5.41) is -0.0436. The van der Waals surface area contributed by atoms with Gasteiger partial charge in [-0.05, 0) is 12.1 Å². The van der Waals surface area contributed by atoms with E-state index in [9.17, 15) is 13.2 Å². The highest BCUT2D eigenvalue weighted by Gasteiger charge is 2.34. The highest BCUT2D eigenvalue weighted by atomic mass is 35.5. The van der Waals surface area contributed by atoms with Crippen LogP contribution in [0.25, 0.3) is 10.9 Å². The molecular weight excluding hydrogens is 333 g/mol. The molecule has 0 N–H and O–H groups in total. The van der Waals surface area contributed by atoms with Gasteiger partial charge < -0.3 is 0 Å². The first-order chi connectivity index (χ1) is 8.21. The van der Waals surface area contributed by atoms with E-state index in [4.69, 9.17) is 46.4 Å². The summed E-state index contributed by atoms with van der Waals surface area (Å²) in [5.41, 5.74) is -1.27. The van der Waals surface area contributed by atoms with Gasteiger partial charge in [0, 0.05) is 5.39 Å². The van der Waals surface area contributed by atoms with Gasteiger partial charge in [0.05, 0.1) is 25.6 Å². The Morgan fingerprint density at radius 1 is 0.889 bits per heavy atom. The Hall–Kier alpha value is -0.420. The summed E-state index contributed by atoms with van der Waals surface area (Å²) in [6.45, 7) is 0. The first-order valence-corrected chi connectivity index (χ1v) is 5.94. The second kappa shape index (κ2) is 4.60. The molecule has 0 radical (unpaired) electrons. The molecule has 0 saturated carbocycles. The summed E-state index contributed by atoms with van der Waals surface area (Å²) < 4.78 is 37.8. The zero-order valence-corrected chi connectivity index (χ0v) is 11.3. The van der Waals surface area contributed by atoms with Gasteiger partial charge >= 0.3 is 6.18 Å². The highest BCUT2D eigenvalue weighted by Crippen LogP contribution is 2.41. The second-order valence-electron chi connectivity index (χ2n) is 3.36. The fraction of sp³-hybridized carbons (Fsp3) is 0.100. The third-order valence-electron chi connectivity index (χ3n) is 2.17. The topological polar surface area (TPSA) is 12.9 Å². The molecule has 2 aromatic rings. The van der Waals surface area contributed by atoms with Crippen LogP contribution in [-0.4, -0.2) is 4.98 Å². The smallest absolute Gasteiger partial charge is 0.242 e. The predicted octanol–water partition coefficient (Wildman–Crippen LogP) is 5.87. The molecule has 0 fully saturated rings. The van der Waals surface area contributed by atoms with E-state index in [1.165, 1.54) is 6.07 Å². The maximum Gasteiger partial charge on any atom is 0.433 e. The molecule has 0 bridgehead atoms. The fourth-order valence-electron chi connectivity index (χ4n) is 1.40. The van der Waals surface area contributed by atoms with Crippen molar-refractivity contribution >= 4 is 57.3 Å². The molecule has 0 spiro atoms. The molecular formula is C10H2Cl4F3N. The van der Waals surface area contributed by atoms with E-state index in [1.54, 1.807) is 0 Å². The lowest BCUT2D eigenvalue weighted by Gasteiger charge is -2.11. The van der Waals surface area contributed by atoms with Gasteiger partial charge in [0.15, 0.2) is 0 Å². The van der Waals surface area contributed by atoms with Gasteiger partial charge in [-0.3, -0.25) is 0 Å². The highest BCUT2D eigenvalue weighted by molar-refractivity contribution is 6.50. The first-order valence-electron chi connectivity index (χ1n) is 4.42. The molecule has 2 rings (SSSR count). The maximum absolute atomic E-state index is 12.6. The monoisotopic (exact) mass is 333 g/mol. The van der Waals surface area contributed by atoms with Crippen LogP contribution in [0.3, 0.4) is 0 Å². The quantitative estimate of drug-likeness (QED) is 0.549. The Balaban J connectivity index is 2.91. The molecule has 8 heteroatoms. The van der Waals surface area contributed by atoms with Crippen LogP contribution in [-0.2, 0) is 6.18 Å². The average Bonchev–Trinajstić information content (AvgIpc) is 2.24. The Kier molecular flexibility index (Phi) is 3.58. The van der Waals surface area contributed by atoms with Gasteiger partial charge in [-0.25, -0.2) is 4.98 Å². The summed E-state index contributed by atoms with van der Waals surface area (Å²) in [5.74, 6) is 0. The van der Waals surface area contributed by atoms with E-state index in [-0.39, 0.29) is 31.0 Å². The minimum absolute atomic E-state index is 0.0160. The van der Waals surface area contributed by atoms with Gasteiger partial charge in [-0.15, -0.1) is 0 Å². The van der Waals surface area contributed by atoms with Crippen LogP contribution < -0.4 is 0 Å². The van der Waals surface area contributed by atoms with Gasteiger partial charge in [-0.1, -0.05) is 46.4 Å². The number of rotatable bonds is 0. The summed E-state index contributed by atoms with van der Waals surface area (Å²) in [7, 11) is 0. The SMILES string of the molecule is FC(F)(F)c1cc(Cl)c2c(Cl)c(Cl)cc(Cl)c2n1. The van der Waals surface area contributed by atoms with Crippen molar-refractivity contribution < 1.29 is 13.2 Å². The molecule has 1 aromatic heterocycles. The van der Waals surface area contributed by atoms with Crippen LogP contribution in [0, 0.1) is 0 Å². The van der Waals surface area contributed by atoms with Crippen LogP contribution in [0.5, 0.6) is 0 Å². The van der Waals surface area contributed by atoms with Crippen molar-refractivity contribution in [3.05, 3.63) is 37.9 Å². The standard InChI is InChI=1S/C10H2Cl4F3N/c11-3-2-6(10(15,16)17)18-9-5(13)1-4(12)8(14)7(3)9/h1-2H. The molecule has 18 heavy (non-hydrogen) atoms. The number of halogens is 7. The number of fused-ring (bicyclic) bond motifs is 1. The Morgan fingerprint density at radius 3 is 2.06 bits per heavy atom. The van der Waals surface area contributed by atoms with Crippen molar-refractivity contribution in [3.8, 4) is 0 Å². The van der Waals surface area contributed by atoms with E-state index in [1.807, 2.05) is 0 Å². The van der Waals surface area contributed by atoms with Crippen molar-refractivity contribution in [3.63, 3.8) is 0 Å². The van der Waals surface area contributed by atoms with Crippen LogP contribution in [0.4, 0.5) is 13.2 Å². The van der Waals surface area contributed by atoms with E-state index in [0.717, 1.165) is 0 Å². The lowest BCUT2D eigenvalue weighted by Crippen LogP contribution is -2.08. The molecule has 0 aliphatic rings. The van der Waals surface area contributed by atoms with Crippen molar-refractivity contribution in [2.45, 2.75) is 6.18 Å². The summed E-state index contributed by atoms with van der Waals surface area (Å²) in [6.07, 6.45) is -4.62. The van der Waals surface area contributed by atoms with E-state index in [2.05, 4.69) is 4.98 Å². The number of hydrogen-bond acceptors (Lipinski definition) is 1. The van der Waals surface area contributed by atoms with Crippen LogP contribution >= 0.6 is 46.4 Å². The van der Waals surface area contributed by atoms with Gasteiger partial charge in [0.2, 0.25) is 0 Å². The molecule has 0 amide bonds. The predicted molar refractivity (Wildman–Crippen MR) is 66.8 cm³/mol. The third-order valence-corrected chi connectivity index (χ3v) is 3.54. The number of aromatic nitrogens is 1. The molecule has 1 nitrogen and oxygen atoms in total. The van der Waals surface area contributed by atoms with Crippen LogP contribution in [0.1, 0.15) is 5.69 Å². The molecule has 0 aliphatic heterocycles. The van der Waals surface area contributed by atoms with Crippen LogP contribution in [0.2, 0.25) is 20.1 Å². The molecule has 0 saturated heterocycles. The van der Waals surface area contributed by atoms with E-state index < -0.39 is 11.9 Å². The Morgan fingerprint density at radius 2 is 1.50 bits per heavy atom. The molecule has 0 aliphatic carbocycles. The normalized spacial score (nSPS) is 12.2. The van der Waals surface area contributed by atoms with Gasteiger partial charge in [0.1, 0.15) is 5.69 Å². The summed E-state index contributed by atoms with van der Waals surface area (Å²) >= 11 is 23.2. The largest absolute Gasteiger partial charge is 0.433 e. The lowest BCUT2D eigenvalue weighted by atomic mass is 10.2. The number of alkyl halides is 3. The zero-order valence-electron chi connectivity index (χ0n) is 8.25. The fourth-order valence-corrected chi connectivity index (χ4v) is 2.49. The number of benzene rings is 1. The van der Waals surface area contributed by atoms with Gasteiger partial charge in [-0.2, -0.15) is 13.2 Å². The summed E-state index contributed by atoms with van der Waals surface area (Å²) in [4.78, 5) is 3.42. The Bertz CT molecular complexity index is 639. The molecule has 1 aromatic carbocycles. The summed E-state index contributed by atoms with van der Waals surface area (Å²) in [6, 6.07) is 1.90.